The maximum atomic E-state index is 12.5. The second-order valence-corrected chi connectivity index (χ2v) is 10.3. The number of carbonyl (C=O) groups is 1. The average molecular weight is 485 g/mol. The summed E-state index contributed by atoms with van der Waals surface area (Å²) >= 11 is 0. The molecule has 0 aliphatic carbocycles. The van der Waals surface area contributed by atoms with Crippen LogP contribution in [0.2, 0.25) is 0 Å². The van der Waals surface area contributed by atoms with Crippen LogP contribution in [0.5, 0.6) is 11.5 Å². The molecule has 0 N–H and O–H groups in total. The van der Waals surface area contributed by atoms with Gasteiger partial charge in [0.25, 0.3) is 5.91 Å². The van der Waals surface area contributed by atoms with Crippen molar-refractivity contribution in [3.05, 3.63) is 54.4 Å². The van der Waals surface area contributed by atoms with Gasteiger partial charge in [-0.2, -0.15) is 0 Å². The lowest BCUT2D eigenvalue weighted by Gasteiger charge is -2.32. The van der Waals surface area contributed by atoms with Crippen LogP contribution in [-0.2, 0) is 9.84 Å². The molecule has 1 saturated heterocycles. The molecule has 34 heavy (non-hydrogen) atoms. The first-order valence-electron chi connectivity index (χ1n) is 10.8. The van der Waals surface area contributed by atoms with Crippen molar-refractivity contribution in [2.45, 2.75) is 24.5 Å². The van der Waals surface area contributed by atoms with Crippen molar-refractivity contribution in [3.63, 3.8) is 0 Å². The van der Waals surface area contributed by atoms with Gasteiger partial charge in [-0.3, -0.25) is 4.79 Å². The molecule has 0 saturated carbocycles. The third-order valence-corrected chi connectivity index (χ3v) is 6.99. The fourth-order valence-corrected chi connectivity index (χ4v) is 5.19. The summed E-state index contributed by atoms with van der Waals surface area (Å²) in [6.07, 6.45) is 5.86. The lowest BCUT2D eigenvalue weighted by Crippen LogP contribution is -2.31. The van der Waals surface area contributed by atoms with Crippen LogP contribution in [0, 0.1) is 6.92 Å². The number of nitrogens with zero attached hydrogens (tertiary/aromatic N) is 4. The predicted molar refractivity (Wildman–Crippen MR) is 122 cm³/mol. The summed E-state index contributed by atoms with van der Waals surface area (Å²) in [6.45, 7) is 3.84. The Bertz CT molecular complexity index is 1330. The zero-order valence-electron chi connectivity index (χ0n) is 18.8. The monoisotopic (exact) mass is 484 g/mol. The van der Waals surface area contributed by atoms with Gasteiger partial charge in [0.1, 0.15) is 30.5 Å². The number of pyridine rings is 1. The Morgan fingerprint density at radius 1 is 1.21 bits per heavy atom. The lowest BCUT2D eigenvalue weighted by atomic mass is 10.2. The molecule has 3 aromatic rings. The third kappa shape index (κ3) is 4.30. The SMILES string of the molecule is Cc1cc(N2CCOc3ccc(OC4CCN(C(=O)c5cocn5)C4)cc32)cnc1S(C)(=O)=O. The number of ether oxygens (including phenoxy) is 2. The molecule has 2 aromatic heterocycles. The van der Waals surface area contributed by atoms with Gasteiger partial charge in [-0.25, -0.2) is 18.4 Å². The number of likely N-dealkylation sites (tertiary alicyclic amines) is 1. The molecule has 10 nitrogen and oxygen atoms in total. The Kier molecular flexibility index (Phi) is 5.64. The summed E-state index contributed by atoms with van der Waals surface area (Å²) in [5.41, 5.74) is 2.46. The molecule has 2 aliphatic rings. The minimum atomic E-state index is -3.40. The number of rotatable bonds is 5. The van der Waals surface area contributed by atoms with Gasteiger partial charge in [-0.05, 0) is 30.7 Å². The van der Waals surface area contributed by atoms with Crippen molar-refractivity contribution in [2.75, 3.05) is 37.4 Å². The van der Waals surface area contributed by atoms with E-state index in [0.29, 0.717) is 49.7 Å². The van der Waals surface area contributed by atoms with Gasteiger partial charge in [0.2, 0.25) is 0 Å². The maximum absolute atomic E-state index is 12.5. The summed E-state index contributed by atoms with van der Waals surface area (Å²) in [5, 5.41) is 0.0766. The Balaban J connectivity index is 1.34. The van der Waals surface area contributed by atoms with Crippen LogP contribution < -0.4 is 14.4 Å². The minimum Gasteiger partial charge on any atom is -0.490 e. The van der Waals surface area contributed by atoms with E-state index in [9.17, 15) is 13.2 Å². The molecule has 0 spiro atoms. The van der Waals surface area contributed by atoms with E-state index in [1.165, 1.54) is 12.7 Å². The molecular formula is C23H24N4O6S. The zero-order valence-corrected chi connectivity index (χ0v) is 19.6. The number of aryl methyl sites for hydroxylation is 1. The molecule has 5 rings (SSSR count). The van der Waals surface area contributed by atoms with Crippen molar-refractivity contribution in [2.24, 2.45) is 0 Å². The van der Waals surface area contributed by atoms with Gasteiger partial charge in [0, 0.05) is 25.3 Å². The van der Waals surface area contributed by atoms with E-state index in [1.807, 2.05) is 29.2 Å². The molecule has 1 fully saturated rings. The highest BCUT2D eigenvalue weighted by molar-refractivity contribution is 7.90. The van der Waals surface area contributed by atoms with Gasteiger partial charge in [0.15, 0.2) is 27.0 Å². The first-order chi connectivity index (χ1) is 16.3. The van der Waals surface area contributed by atoms with E-state index in [4.69, 9.17) is 13.9 Å². The van der Waals surface area contributed by atoms with E-state index in [0.717, 1.165) is 17.6 Å². The Labute approximate surface area is 197 Å². The van der Waals surface area contributed by atoms with Gasteiger partial charge in [-0.1, -0.05) is 0 Å². The lowest BCUT2D eigenvalue weighted by molar-refractivity contribution is 0.0766. The van der Waals surface area contributed by atoms with E-state index < -0.39 is 9.84 Å². The topological polar surface area (TPSA) is 115 Å². The van der Waals surface area contributed by atoms with Crippen molar-refractivity contribution in [1.29, 1.82) is 0 Å². The van der Waals surface area contributed by atoms with Crippen LogP contribution in [-0.4, -0.2) is 67.8 Å². The molecule has 11 heteroatoms. The summed E-state index contributed by atoms with van der Waals surface area (Å²) in [6, 6.07) is 7.42. The summed E-state index contributed by atoms with van der Waals surface area (Å²) in [4.78, 5) is 24.4. The number of oxazole rings is 1. The molecular weight excluding hydrogens is 460 g/mol. The normalized spacial score (nSPS) is 17.9. The van der Waals surface area contributed by atoms with E-state index in [2.05, 4.69) is 9.97 Å². The van der Waals surface area contributed by atoms with Gasteiger partial charge < -0.3 is 23.7 Å². The molecule has 178 valence electrons. The fourth-order valence-electron chi connectivity index (χ4n) is 4.30. The number of hydrogen-bond donors (Lipinski definition) is 0. The molecule has 1 amide bonds. The number of anilines is 2. The number of carbonyl (C=O) groups excluding carboxylic acids is 1. The second kappa shape index (κ2) is 8.64. The summed E-state index contributed by atoms with van der Waals surface area (Å²) < 4.78 is 40.8. The number of benzene rings is 1. The summed E-state index contributed by atoms with van der Waals surface area (Å²) in [5.74, 6) is 1.19. The first kappa shape index (κ1) is 22.2. The largest absolute Gasteiger partial charge is 0.490 e. The molecule has 0 bridgehead atoms. The Hall–Kier alpha value is -3.60. The van der Waals surface area contributed by atoms with E-state index in [-0.39, 0.29) is 22.7 Å². The predicted octanol–water partition coefficient (Wildman–Crippen LogP) is 2.61. The van der Waals surface area contributed by atoms with Crippen molar-refractivity contribution < 1.29 is 27.1 Å². The van der Waals surface area contributed by atoms with Crippen molar-refractivity contribution in [3.8, 4) is 11.5 Å². The van der Waals surface area contributed by atoms with Gasteiger partial charge in [0.05, 0.1) is 30.7 Å². The number of sulfone groups is 1. The Morgan fingerprint density at radius 2 is 2.06 bits per heavy atom. The van der Waals surface area contributed by atoms with Crippen LogP contribution >= 0.6 is 0 Å². The summed E-state index contributed by atoms with van der Waals surface area (Å²) in [7, 11) is -3.40. The highest BCUT2D eigenvalue weighted by atomic mass is 32.2. The molecule has 1 aromatic carbocycles. The maximum Gasteiger partial charge on any atom is 0.275 e. The molecule has 4 heterocycles. The van der Waals surface area contributed by atoms with Crippen molar-refractivity contribution >= 4 is 27.1 Å². The molecule has 1 unspecified atom stereocenters. The van der Waals surface area contributed by atoms with Crippen LogP contribution in [0.15, 0.2) is 52.6 Å². The number of amides is 1. The zero-order chi connectivity index (χ0) is 23.9. The van der Waals surface area contributed by atoms with E-state index >= 15 is 0 Å². The number of fused-ring (bicyclic) bond motifs is 1. The molecule has 1 atom stereocenters. The Morgan fingerprint density at radius 3 is 2.79 bits per heavy atom. The second-order valence-electron chi connectivity index (χ2n) is 8.37. The van der Waals surface area contributed by atoms with Crippen LogP contribution in [0.1, 0.15) is 22.5 Å². The van der Waals surface area contributed by atoms with Gasteiger partial charge >= 0.3 is 0 Å². The quantitative estimate of drug-likeness (QED) is 0.539. The molecule has 0 radical (unpaired) electrons. The standard InChI is InChI=1S/C23H24N4O6S/c1-15-9-16(11-24-22(15)34(2,29)30)27-7-8-32-21-4-3-17(10-20(21)27)33-18-5-6-26(12-18)23(28)19-13-31-14-25-19/h3-4,9-11,13-14,18H,5-8,12H2,1-2H3. The number of hydrogen-bond acceptors (Lipinski definition) is 9. The average Bonchev–Trinajstić information content (AvgIpc) is 3.50. The van der Waals surface area contributed by atoms with Crippen LogP contribution in [0.3, 0.4) is 0 Å². The smallest absolute Gasteiger partial charge is 0.275 e. The van der Waals surface area contributed by atoms with Crippen LogP contribution in [0.25, 0.3) is 0 Å². The third-order valence-electron chi connectivity index (χ3n) is 5.86. The highest BCUT2D eigenvalue weighted by Crippen LogP contribution is 2.40. The van der Waals surface area contributed by atoms with Crippen LogP contribution in [0.4, 0.5) is 11.4 Å². The fraction of sp³-hybridized carbons (Fsp3) is 0.348. The van der Waals surface area contributed by atoms with Crippen molar-refractivity contribution in [1.82, 2.24) is 14.9 Å². The van der Waals surface area contributed by atoms with Gasteiger partial charge in [-0.15, -0.1) is 0 Å². The first-order valence-corrected chi connectivity index (χ1v) is 12.7. The molecule has 2 aliphatic heterocycles. The minimum absolute atomic E-state index is 0.0766. The highest BCUT2D eigenvalue weighted by Gasteiger charge is 2.30. The van der Waals surface area contributed by atoms with E-state index in [1.54, 1.807) is 18.0 Å². The number of aromatic nitrogens is 2.